The zero-order valence-corrected chi connectivity index (χ0v) is 15.9. The van der Waals surface area contributed by atoms with Gasteiger partial charge >= 0.3 is 11.8 Å². The third kappa shape index (κ3) is 5.43. The van der Waals surface area contributed by atoms with Crippen molar-refractivity contribution < 1.29 is 19.1 Å². The van der Waals surface area contributed by atoms with Crippen molar-refractivity contribution in [2.24, 2.45) is 0 Å². The summed E-state index contributed by atoms with van der Waals surface area (Å²) in [4.78, 5) is 26.7. The van der Waals surface area contributed by atoms with Crippen LogP contribution in [-0.2, 0) is 14.3 Å². The Balaban J connectivity index is 1.61. The van der Waals surface area contributed by atoms with E-state index in [-0.39, 0.29) is 12.1 Å². The number of amides is 2. The van der Waals surface area contributed by atoms with Crippen molar-refractivity contribution in [3.8, 4) is 5.75 Å². The number of hydrogen-bond donors (Lipinski definition) is 2. The highest BCUT2D eigenvalue weighted by molar-refractivity contribution is 6.35. The van der Waals surface area contributed by atoms with E-state index in [0.29, 0.717) is 19.8 Å². The number of rotatable bonds is 6. The molecular weight excluding hydrogens is 346 g/mol. The van der Waals surface area contributed by atoms with Gasteiger partial charge in [0.1, 0.15) is 5.75 Å². The van der Waals surface area contributed by atoms with Gasteiger partial charge in [0, 0.05) is 25.7 Å². The molecule has 0 unspecified atom stereocenters. The Morgan fingerprint density at radius 2 is 1.81 bits per heavy atom. The second-order valence-corrected chi connectivity index (χ2v) is 7.10. The average Bonchev–Trinajstić information content (AvgIpc) is 3.22. The van der Waals surface area contributed by atoms with Crippen LogP contribution in [0.4, 0.5) is 0 Å². The second kappa shape index (κ2) is 9.71. The molecule has 0 spiro atoms. The zero-order chi connectivity index (χ0) is 19.1. The van der Waals surface area contributed by atoms with Crippen LogP contribution in [0.1, 0.15) is 37.3 Å². The van der Waals surface area contributed by atoms with Gasteiger partial charge in [-0.3, -0.25) is 14.5 Å². The maximum absolute atomic E-state index is 12.3. The van der Waals surface area contributed by atoms with E-state index in [4.69, 9.17) is 9.47 Å². The molecule has 2 aliphatic rings. The summed E-state index contributed by atoms with van der Waals surface area (Å²) in [6, 6.07) is 7.96. The summed E-state index contributed by atoms with van der Waals surface area (Å²) in [7, 11) is 1.64. The molecule has 1 atom stereocenters. The summed E-state index contributed by atoms with van der Waals surface area (Å²) in [6.07, 6.45) is 4.15. The Hall–Kier alpha value is -2.12. The molecule has 1 aliphatic heterocycles. The van der Waals surface area contributed by atoms with Crippen LogP contribution in [0, 0.1) is 0 Å². The SMILES string of the molecule is COc1ccc([C@@H](CNC(=O)C(=O)NC2CCCC2)N2CCOCC2)cc1. The fourth-order valence-corrected chi connectivity index (χ4v) is 3.76. The third-order valence-corrected chi connectivity index (χ3v) is 5.34. The molecule has 1 heterocycles. The van der Waals surface area contributed by atoms with Gasteiger partial charge < -0.3 is 20.1 Å². The second-order valence-electron chi connectivity index (χ2n) is 7.10. The fraction of sp³-hybridized carbons (Fsp3) is 0.600. The molecule has 2 amide bonds. The van der Waals surface area contributed by atoms with Crippen LogP contribution < -0.4 is 15.4 Å². The Bertz CT molecular complexity index is 623. The van der Waals surface area contributed by atoms with Crippen LogP contribution in [-0.4, -0.2) is 62.7 Å². The zero-order valence-electron chi connectivity index (χ0n) is 15.9. The topological polar surface area (TPSA) is 79.9 Å². The van der Waals surface area contributed by atoms with Crippen LogP contribution in [0.3, 0.4) is 0 Å². The van der Waals surface area contributed by atoms with Gasteiger partial charge in [-0.1, -0.05) is 25.0 Å². The molecule has 0 aromatic heterocycles. The first-order chi connectivity index (χ1) is 13.2. The van der Waals surface area contributed by atoms with Crippen molar-refractivity contribution in [2.45, 2.75) is 37.8 Å². The molecular formula is C20H29N3O4. The number of nitrogens with one attached hydrogen (secondary N) is 2. The highest BCUT2D eigenvalue weighted by atomic mass is 16.5. The van der Waals surface area contributed by atoms with E-state index in [1.165, 1.54) is 0 Å². The molecule has 1 aliphatic carbocycles. The van der Waals surface area contributed by atoms with E-state index in [2.05, 4.69) is 15.5 Å². The van der Waals surface area contributed by atoms with Crippen molar-refractivity contribution in [1.82, 2.24) is 15.5 Å². The van der Waals surface area contributed by atoms with Gasteiger partial charge in [0.05, 0.1) is 26.4 Å². The van der Waals surface area contributed by atoms with E-state index >= 15 is 0 Å². The van der Waals surface area contributed by atoms with Crippen molar-refractivity contribution in [3.63, 3.8) is 0 Å². The van der Waals surface area contributed by atoms with E-state index in [1.54, 1.807) is 7.11 Å². The largest absolute Gasteiger partial charge is 0.497 e. The van der Waals surface area contributed by atoms with Crippen LogP contribution in [0.15, 0.2) is 24.3 Å². The van der Waals surface area contributed by atoms with Gasteiger partial charge in [0.2, 0.25) is 0 Å². The summed E-state index contributed by atoms with van der Waals surface area (Å²) in [6.45, 7) is 3.30. The van der Waals surface area contributed by atoms with Gasteiger partial charge in [0.15, 0.2) is 0 Å². The monoisotopic (exact) mass is 375 g/mol. The van der Waals surface area contributed by atoms with Crippen LogP contribution in [0.5, 0.6) is 5.75 Å². The molecule has 1 saturated carbocycles. The number of ether oxygens (including phenoxy) is 2. The van der Waals surface area contributed by atoms with Crippen molar-refractivity contribution in [1.29, 1.82) is 0 Å². The lowest BCUT2D eigenvalue weighted by Crippen LogP contribution is -2.48. The predicted molar refractivity (Wildman–Crippen MR) is 102 cm³/mol. The van der Waals surface area contributed by atoms with E-state index in [1.807, 2.05) is 24.3 Å². The Labute approximate surface area is 160 Å². The van der Waals surface area contributed by atoms with Crippen molar-refractivity contribution >= 4 is 11.8 Å². The summed E-state index contributed by atoms with van der Waals surface area (Å²) in [5.41, 5.74) is 1.08. The lowest BCUT2D eigenvalue weighted by molar-refractivity contribution is -0.139. The Morgan fingerprint density at radius 3 is 2.44 bits per heavy atom. The number of morpholine rings is 1. The number of carbonyl (C=O) groups is 2. The number of nitrogens with zero attached hydrogens (tertiary/aromatic N) is 1. The van der Waals surface area contributed by atoms with Gasteiger partial charge in [-0.05, 0) is 30.5 Å². The summed E-state index contributed by atoms with van der Waals surface area (Å²) >= 11 is 0. The number of benzene rings is 1. The fourth-order valence-electron chi connectivity index (χ4n) is 3.76. The van der Waals surface area contributed by atoms with Crippen LogP contribution in [0.2, 0.25) is 0 Å². The minimum Gasteiger partial charge on any atom is -0.497 e. The quantitative estimate of drug-likeness (QED) is 0.732. The summed E-state index contributed by atoms with van der Waals surface area (Å²) < 4.78 is 10.7. The van der Waals surface area contributed by atoms with Crippen LogP contribution in [0.25, 0.3) is 0 Å². The minimum absolute atomic E-state index is 0.0111. The van der Waals surface area contributed by atoms with Crippen molar-refractivity contribution in [2.75, 3.05) is 40.0 Å². The van der Waals surface area contributed by atoms with Gasteiger partial charge in [-0.2, -0.15) is 0 Å². The highest BCUT2D eigenvalue weighted by Crippen LogP contribution is 2.23. The molecule has 7 heteroatoms. The van der Waals surface area contributed by atoms with E-state index < -0.39 is 11.8 Å². The first-order valence-electron chi connectivity index (χ1n) is 9.72. The lowest BCUT2D eigenvalue weighted by Gasteiger charge is -2.35. The summed E-state index contributed by atoms with van der Waals surface area (Å²) in [5, 5.41) is 5.65. The number of methoxy groups -OCH3 is 1. The third-order valence-electron chi connectivity index (χ3n) is 5.34. The molecule has 7 nitrogen and oxygen atoms in total. The molecule has 2 fully saturated rings. The molecule has 148 valence electrons. The molecule has 2 N–H and O–H groups in total. The maximum atomic E-state index is 12.3. The molecule has 1 saturated heterocycles. The van der Waals surface area contributed by atoms with Crippen molar-refractivity contribution in [3.05, 3.63) is 29.8 Å². The smallest absolute Gasteiger partial charge is 0.309 e. The van der Waals surface area contributed by atoms with Crippen LogP contribution >= 0.6 is 0 Å². The maximum Gasteiger partial charge on any atom is 0.309 e. The molecule has 1 aromatic carbocycles. The first kappa shape index (κ1) is 19.6. The molecule has 3 rings (SSSR count). The van der Waals surface area contributed by atoms with E-state index in [9.17, 15) is 9.59 Å². The number of carbonyl (C=O) groups excluding carboxylic acids is 2. The minimum atomic E-state index is -0.561. The Morgan fingerprint density at radius 1 is 1.15 bits per heavy atom. The van der Waals surface area contributed by atoms with E-state index in [0.717, 1.165) is 50.1 Å². The first-order valence-corrected chi connectivity index (χ1v) is 9.72. The molecule has 1 aromatic rings. The highest BCUT2D eigenvalue weighted by Gasteiger charge is 2.26. The lowest BCUT2D eigenvalue weighted by atomic mass is 10.0. The summed E-state index contributed by atoms with van der Waals surface area (Å²) in [5.74, 6) is -0.300. The standard InChI is InChI=1S/C20H29N3O4/c1-26-17-8-6-15(7-9-17)18(23-10-12-27-13-11-23)14-21-19(24)20(25)22-16-4-2-3-5-16/h6-9,16,18H,2-5,10-14H2,1H3,(H,21,24)(H,22,25)/t18-/m1/s1. The predicted octanol–water partition coefficient (Wildman–Crippen LogP) is 1.24. The van der Waals surface area contributed by atoms with Gasteiger partial charge in [-0.15, -0.1) is 0 Å². The van der Waals surface area contributed by atoms with Gasteiger partial charge in [-0.25, -0.2) is 0 Å². The van der Waals surface area contributed by atoms with Gasteiger partial charge in [0.25, 0.3) is 0 Å². The molecule has 0 radical (unpaired) electrons. The average molecular weight is 375 g/mol. The molecule has 0 bridgehead atoms. The molecule has 27 heavy (non-hydrogen) atoms. The normalized spacial score (nSPS) is 19.4. The Kier molecular flexibility index (Phi) is 7.06. The number of hydrogen-bond acceptors (Lipinski definition) is 5.